The largest absolute Gasteiger partial charge is 0.493 e. The average molecular weight is 315 g/mol. The number of rotatable bonds is 3. The van der Waals surface area contributed by atoms with Gasteiger partial charge in [-0.1, -0.05) is 58.4 Å². The molecule has 3 rings (SSSR count). The summed E-state index contributed by atoms with van der Waals surface area (Å²) >= 11 is 3.51. The van der Waals surface area contributed by atoms with Crippen molar-refractivity contribution in [2.75, 3.05) is 0 Å². The van der Waals surface area contributed by atoms with Gasteiger partial charge in [-0.3, -0.25) is 0 Å². The van der Waals surface area contributed by atoms with Gasteiger partial charge in [0, 0.05) is 6.42 Å². The summed E-state index contributed by atoms with van der Waals surface area (Å²) in [5.41, 5.74) is 1.24. The van der Waals surface area contributed by atoms with Crippen LogP contribution in [0.5, 0.6) is 0 Å². The fourth-order valence-electron chi connectivity index (χ4n) is 2.30. The van der Waals surface area contributed by atoms with Crippen LogP contribution in [0.1, 0.15) is 18.4 Å². The summed E-state index contributed by atoms with van der Waals surface area (Å²) in [4.78, 5) is 0. The topological polar surface area (TPSA) is 9.23 Å². The lowest BCUT2D eigenvalue weighted by molar-refractivity contribution is 0.189. The van der Waals surface area contributed by atoms with Crippen LogP contribution in [0.3, 0.4) is 0 Å². The van der Waals surface area contributed by atoms with Gasteiger partial charge in [0.05, 0.1) is 5.76 Å². The van der Waals surface area contributed by atoms with Gasteiger partial charge in [0.15, 0.2) is 0 Å². The van der Waals surface area contributed by atoms with Gasteiger partial charge in [-0.15, -0.1) is 0 Å². The smallest absolute Gasteiger partial charge is 0.113 e. The first-order valence-electron chi connectivity index (χ1n) is 6.47. The zero-order valence-electron chi connectivity index (χ0n) is 10.6. The molecule has 2 aromatic carbocycles. The van der Waals surface area contributed by atoms with Gasteiger partial charge < -0.3 is 4.74 Å². The molecule has 0 amide bonds. The number of hydrogen-bond donors (Lipinski definition) is 0. The second kappa shape index (κ2) is 5.62. The molecule has 1 aliphatic rings. The van der Waals surface area contributed by atoms with E-state index in [2.05, 4.69) is 70.5 Å². The molecule has 1 aliphatic carbocycles. The summed E-state index contributed by atoms with van der Waals surface area (Å²) in [5.74, 6) is 1.07. The van der Waals surface area contributed by atoms with Crippen molar-refractivity contribution in [3.63, 3.8) is 0 Å². The van der Waals surface area contributed by atoms with Crippen molar-refractivity contribution in [1.82, 2.24) is 0 Å². The molecule has 0 aliphatic heterocycles. The molecule has 0 radical (unpaired) electrons. The van der Waals surface area contributed by atoms with Crippen LogP contribution in [0, 0.1) is 0 Å². The molecular weight excluding hydrogens is 300 g/mol. The fourth-order valence-corrected chi connectivity index (χ4v) is 2.63. The molecule has 0 saturated carbocycles. The van der Waals surface area contributed by atoms with E-state index in [1.165, 1.54) is 20.8 Å². The van der Waals surface area contributed by atoms with Crippen molar-refractivity contribution in [3.8, 4) is 0 Å². The van der Waals surface area contributed by atoms with Crippen LogP contribution in [0.15, 0.2) is 64.9 Å². The standard InChI is InChI=1S/C17H15BrO/c18-15-8-10-16(11-9-15)19-12-14-6-3-5-13-4-1-2-7-17(13)14/h1-8,10H,9,11-12H2. The first-order chi connectivity index (χ1) is 9.33. The van der Waals surface area contributed by atoms with Crippen LogP contribution in [-0.4, -0.2) is 0 Å². The molecule has 0 N–H and O–H groups in total. The fraction of sp³-hybridized carbons (Fsp3) is 0.176. The van der Waals surface area contributed by atoms with Gasteiger partial charge in [-0.05, 0) is 39.4 Å². The van der Waals surface area contributed by atoms with Crippen LogP contribution >= 0.6 is 15.9 Å². The van der Waals surface area contributed by atoms with Crippen molar-refractivity contribution in [2.45, 2.75) is 19.4 Å². The van der Waals surface area contributed by atoms with Crippen molar-refractivity contribution >= 4 is 26.7 Å². The highest BCUT2D eigenvalue weighted by molar-refractivity contribution is 9.11. The molecule has 2 aromatic rings. The van der Waals surface area contributed by atoms with Gasteiger partial charge in [-0.2, -0.15) is 0 Å². The van der Waals surface area contributed by atoms with E-state index in [-0.39, 0.29) is 0 Å². The molecule has 0 spiro atoms. The zero-order valence-corrected chi connectivity index (χ0v) is 12.2. The van der Waals surface area contributed by atoms with Crippen LogP contribution in [0.25, 0.3) is 10.8 Å². The van der Waals surface area contributed by atoms with E-state index in [1.54, 1.807) is 0 Å². The van der Waals surface area contributed by atoms with E-state index in [9.17, 15) is 0 Å². The van der Waals surface area contributed by atoms with Gasteiger partial charge >= 0.3 is 0 Å². The van der Waals surface area contributed by atoms with E-state index < -0.39 is 0 Å². The summed E-state index contributed by atoms with van der Waals surface area (Å²) in [7, 11) is 0. The number of ether oxygens (including phenoxy) is 1. The third-order valence-electron chi connectivity index (χ3n) is 3.35. The number of hydrogen-bond acceptors (Lipinski definition) is 1. The Morgan fingerprint density at radius 3 is 2.63 bits per heavy atom. The monoisotopic (exact) mass is 314 g/mol. The average Bonchev–Trinajstić information content (AvgIpc) is 2.47. The Bertz CT molecular complexity index is 650. The molecule has 2 heteroatoms. The third kappa shape index (κ3) is 2.90. The summed E-state index contributed by atoms with van der Waals surface area (Å²) in [6.07, 6.45) is 6.13. The molecular formula is C17H15BrO. The Labute approximate surface area is 121 Å². The molecule has 0 fully saturated rings. The number of benzene rings is 2. The number of fused-ring (bicyclic) bond motifs is 1. The molecule has 0 unspecified atom stereocenters. The molecule has 0 heterocycles. The first-order valence-corrected chi connectivity index (χ1v) is 7.27. The normalized spacial score (nSPS) is 15.0. The summed E-state index contributed by atoms with van der Waals surface area (Å²) < 4.78 is 7.16. The molecule has 0 saturated heterocycles. The maximum Gasteiger partial charge on any atom is 0.113 e. The van der Waals surface area contributed by atoms with Crippen LogP contribution in [-0.2, 0) is 11.3 Å². The summed E-state index contributed by atoms with van der Waals surface area (Å²) in [5, 5.41) is 2.54. The second-order valence-corrected chi connectivity index (χ2v) is 5.69. The first kappa shape index (κ1) is 12.5. The predicted octanol–water partition coefficient (Wildman–Crippen LogP) is 5.31. The van der Waals surface area contributed by atoms with E-state index in [1.807, 2.05) is 0 Å². The molecule has 96 valence electrons. The minimum Gasteiger partial charge on any atom is -0.493 e. The molecule has 1 nitrogen and oxygen atoms in total. The lowest BCUT2D eigenvalue weighted by Gasteiger charge is -2.14. The molecule has 19 heavy (non-hydrogen) atoms. The van der Waals surface area contributed by atoms with Crippen molar-refractivity contribution in [2.24, 2.45) is 0 Å². The quantitative estimate of drug-likeness (QED) is 0.745. The minimum absolute atomic E-state index is 0.638. The molecule has 0 atom stereocenters. The Morgan fingerprint density at radius 2 is 1.79 bits per heavy atom. The van der Waals surface area contributed by atoms with Gasteiger partial charge in [0.1, 0.15) is 6.61 Å². The van der Waals surface area contributed by atoms with E-state index in [0.29, 0.717) is 6.61 Å². The maximum absolute atomic E-state index is 5.92. The molecule has 0 bridgehead atoms. The lowest BCUT2D eigenvalue weighted by Crippen LogP contribution is -1.97. The highest BCUT2D eigenvalue weighted by atomic mass is 79.9. The SMILES string of the molecule is BrC1=CC=C(OCc2cccc3ccccc23)CC1. The van der Waals surface area contributed by atoms with Crippen LogP contribution in [0.4, 0.5) is 0 Å². The van der Waals surface area contributed by atoms with Crippen molar-refractivity contribution in [3.05, 3.63) is 70.4 Å². The number of halogens is 1. The lowest BCUT2D eigenvalue weighted by atomic mass is 10.1. The van der Waals surface area contributed by atoms with Crippen LogP contribution < -0.4 is 0 Å². The second-order valence-electron chi connectivity index (χ2n) is 4.67. The Kier molecular flexibility index (Phi) is 3.69. The summed E-state index contributed by atoms with van der Waals surface area (Å²) in [6, 6.07) is 14.8. The highest BCUT2D eigenvalue weighted by Crippen LogP contribution is 2.25. The Morgan fingerprint density at radius 1 is 0.947 bits per heavy atom. The molecule has 0 aromatic heterocycles. The third-order valence-corrected chi connectivity index (χ3v) is 4.01. The van der Waals surface area contributed by atoms with E-state index >= 15 is 0 Å². The maximum atomic E-state index is 5.92. The number of allylic oxidation sites excluding steroid dienone is 4. The van der Waals surface area contributed by atoms with Crippen LogP contribution in [0.2, 0.25) is 0 Å². The Balaban J connectivity index is 1.79. The van der Waals surface area contributed by atoms with Gasteiger partial charge in [0.25, 0.3) is 0 Å². The predicted molar refractivity (Wildman–Crippen MR) is 83.1 cm³/mol. The highest BCUT2D eigenvalue weighted by Gasteiger charge is 2.06. The van der Waals surface area contributed by atoms with E-state index in [0.717, 1.165) is 18.6 Å². The van der Waals surface area contributed by atoms with Crippen molar-refractivity contribution < 1.29 is 4.74 Å². The van der Waals surface area contributed by atoms with Crippen molar-refractivity contribution in [1.29, 1.82) is 0 Å². The van der Waals surface area contributed by atoms with E-state index in [4.69, 9.17) is 4.74 Å². The summed E-state index contributed by atoms with van der Waals surface area (Å²) in [6.45, 7) is 0.638. The van der Waals surface area contributed by atoms with Gasteiger partial charge in [-0.25, -0.2) is 0 Å². The minimum atomic E-state index is 0.638. The zero-order chi connectivity index (χ0) is 13.1. The Hall–Kier alpha value is -1.54. The van der Waals surface area contributed by atoms with Gasteiger partial charge in [0.2, 0.25) is 0 Å².